The Morgan fingerprint density at radius 1 is 1.53 bits per heavy atom. The molecular weight excluding hydrogens is 292 g/mol. The molecule has 0 aromatic carbocycles. The molecule has 2 aromatic heterocycles. The fraction of sp³-hybridized carbons (Fsp3) is 0.100. The van der Waals surface area contributed by atoms with E-state index in [0.29, 0.717) is 0 Å². The van der Waals surface area contributed by atoms with Gasteiger partial charge in [0.15, 0.2) is 0 Å². The van der Waals surface area contributed by atoms with Crippen LogP contribution in [0.25, 0.3) is 0 Å². The summed E-state index contributed by atoms with van der Waals surface area (Å²) in [6, 6.07) is 4.08. The number of thioether (sulfide) groups is 1. The monoisotopic (exact) mass is 300 g/mol. The highest BCUT2D eigenvalue weighted by atomic mass is 79.9. The number of nitrogens with two attached hydrogens (primary N) is 1. The van der Waals surface area contributed by atoms with E-state index in [9.17, 15) is 0 Å². The van der Waals surface area contributed by atoms with Crippen LogP contribution in [0, 0.1) is 0 Å². The van der Waals surface area contributed by atoms with Crippen molar-refractivity contribution in [2.75, 3.05) is 5.73 Å². The minimum Gasteiger partial charge on any atom is -0.397 e. The predicted molar refractivity (Wildman–Crippen MR) is 70.2 cm³/mol. The van der Waals surface area contributed by atoms with Crippen LogP contribution < -0.4 is 5.73 Å². The normalized spacial score (nSPS) is 10.5. The van der Waals surface area contributed by atoms with Crippen molar-refractivity contribution >= 4 is 44.7 Å². The molecular formula is C10H9BrN2S2. The number of rotatable bonds is 3. The highest BCUT2D eigenvalue weighted by Gasteiger charge is 2.01. The van der Waals surface area contributed by atoms with Crippen LogP contribution in [0.2, 0.25) is 0 Å². The molecule has 0 unspecified atom stereocenters. The van der Waals surface area contributed by atoms with Crippen LogP contribution in [0.4, 0.5) is 5.69 Å². The van der Waals surface area contributed by atoms with Gasteiger partial charge in [0.1, 0.15) is 0 Å². The average Bonchev–Trinajstić information content (AvgIpc) is 2.63. The Balaban J connectivity index is 2.02. The molecule has 2 aromatic rings. The van der Waals surface area contributed by atoms with Gasteiger partial charge >= 0.3 is 0 Å². The van der Waals surface area contributed by atoms with Gasteiger partial charge in [-0.05, 0) is 39.0 Å². The molecule has 78 valence electrons. The maximum absolute atomic E-state index is 5.80. The maximum Gasteiger partial charge on any atom is 0.0701 e. The summed E-state index contributed by atoms with van der Waals surface area (Å²) in [5.41, 5.74) is 7.86. The number of hydrogen-bond acceptors (Lipinski definition) is 4. The summed E-state index contributed by atoms with van der Waals surface area (Å²) in [7, 11) is 0. The fourth-order valence-electron chi connectivity index (χ4n) is 1.11. The molecule has 2 rings (SSSR count). The summed E-state index contributed by atoms with van der Waals surface area (Å²) >= 11 is 6.89. The van der Waals surface area contributed by atoms with Crippen LogP contribution in [-0.2, 0) is 5.75 Å². The molecule has 0 bridgehead atoms. The van der Waals surface area contributed by atoms with E-state index in [4.69, 9.17) is 5.73 Å². The Kier molecular flexibility index (Phi) is 3.66. The molecule has 15 heavy (non-hydrogen) atoms. The van der Waals surface area contributed by atoms with E-state index in [1.807, 2.05) is 6.07 Å². The van der Waals surface area contributed by atoms with Crippen LogP contribution >= 0.6 is 39.0 Å². The zero-order chi connectivity index (χ0) is 10.7. The molecule has 0 aliphatic rings. The molecule has 0 aliphatic heterocycles. The second-order valence-corrected chi connectivity index (χ2v) is 6.27. The van der Waals surface area contributed by atoms with Crippen molar-refractivity contribution in [2.45, 2.75) is 10.6 Å². The summed E-state index contributed by atoms with van der Waals surface area (Å²) in [6.45, 7) is 0. The lowest BCUT2D eigenvalue weighted by Gasteiger charge is -2.02. The molecule has 0 radical (unpaired) electrons. The van der Waals surface area contributed by atoms with Gasteiger partial charge in [-0.1, -0.05) is 0 Å². The number of nitrogens with zero attached hydrogens (tertiary/aromatic N) is 1. The maximum atomic E-state index is 5.80. The molecule has 0 atom stereocenters. The number of hydrogen-bond donors (Lipinski definition) is 1. The Bertz CT molecular complexity index is 456. The summed E-state index contributed by atoms with van der Waals surface area (Å²) < 4.78 is 1.17. The van der Waals surface area contributed by atoms with Crippen LogP contribution in [0.1, 0.15) is 5.56 Å². The number of aromatic nitrogens is 1. The second-order valence-electron chi connectivity index (χ2n) is 2.96. The van der Waals surface area contributed by atoms with Crippen molar-refractivity contribution in [2.24, 2.45) is 0 Å². The second kappa shape index (κ2) is 5.01. The quantitative estimate of drug-likeness (QED) is 0.877. The fourth-order valence-corrected chi connectivity index (χ4v) is 3.29. The Hall–Kier alpha value is -0.520. The van der Waals surface area contributed by atoms with E-state index in [1.165, 1.54) is 9.35 Å². The standard InChI is InChI=1S/C10H9BrN2S2/c11-10-3-7(6-15-10)5-14-9-1-2-13-4-8(9)12/h1-4,6H,5,12H2. The van der Waals surface area contributed by atoms with Gasteiger partial charge in [-0.15, -0.1) is 23.1 Å². The number of nitrogen functional groups attached to an aromatic ring is 1. The minimum atomic E-state index is 0.747. The van der Waals surface area contributed by atoms with Gasteiger partial charge in [0.2, 0.25) is 0 Å². The van der Waals surface area contributed by atoms with Gasteiger partial charge in [0.05, 0.1) is 15.7 Å². The van der Waals surface area contributed by atoms with Gasteiger partial charge in [-0.25, -0.2) is 0 Å². The number of thiophene rings is 1. The van der Waals surface area contributed by atoms with Crippen molar-refractivity contribution in [3.63, 3.8) is 0 Å². The zero-order valence-electron chi connectivity index (χ0n) is 7.81. The smallest absolute Gasteiger partial charge is 0.0701 e. The van der Waals surface area contributed by atoms with Gasteiger partial charge in [0, 0.05) is 16.8 Å². The van der Waals surface area contributed by atoms with Crippen LogP contribution in [0.5, 0.6) is 0 Å². The molecule has 0 amide bonds. The Labute approximate surface area is 105 Å². The summed E-state index contributed by atoms with van der Waals surface area (Å²) in [5.74, 6) is 0.941. The lowest BCUT2D eigenvalue weighted by atomic mass is 10.4. The molecule has 5 heteroatoms. The van der Waals surface area contributed by atoms with Crippen molar-refractivity contribution in [3.05, 3.63) is 39.3 Å². The molecule has 2 N–H and O–H groups in total. The van der Waals surface area contributed by atoms with Gasteiger partial charge in [-0.3, -0.25) is 4.98 Å². The summed E-state index contributed by atoms with van der Waals surface area (Å²) in [5, 5.41) is 2.15. The average molecular weight is 301 g/mol. The van der Waals surface area contributed by atoms with Crippen molar-refractivity contribution in [1.82, 2.24) is 4.98 Å². The van der Waals surface area contributed by atoms with E-state index in [1.54, 1.807) is 35.5 Å². The lowest BCUT2D eigenvalue weighted by Crippen LogP contribution is -1.89. The lowest BCUT2D eigenvalue weighted by molar-refractivity contribution is 1.27. The first kappa shape index (κ1) is 11.0. The van der Waals surface area contributed by atoms with E-state index >= 15 is 0 Å². The van der Waals surface area contributed by atoms with E-state index in [0.717, 1.165) is 16.3 Å². The summed E-state index contributed by atoms with van der Waals surface area (Å²) in [6.07, 6.45) is 3.45. The zero-order valence-corrected chi connectivity index (χ0v) is 11.0. The third-order valence-electron chi connectivity index (χ3n) is 1.83. The molecule has 2 heterocycles. The molecule has 0 saturated carbocycles. The molecule has 0 aliphatic carbocycles. The molecule has 0 fully saturated rings. The van der Waals surface area contributed by atoms with Crippen LogP contribution in [0.15, 0.2) is 38.6 Å². The first-order valence-electron chi connectivity index (χ1n) is 4.31. The molecule has 0 saturated heterocycles. The van der Waals surface area contributed by atoms with E-state index in [2.05, 4.69) is 32.4 Å². The third kappa shape index (κ3) is 2.96. The number of pyridine rings is 1. The van der Waals surface area contributed by atoms with Crippen LogP contribution in [0.3, 0.4) is 0 Å². The van der Waals surface area contributed by atoms with Crippen LogP contribution in [-0.4, -0.2) is 4.98 Å². The highest BCUT2D eigenvalue weighted by Crippen LogP contribution is 2.30. The first-order chi connectivity index (χ1) is 7.25. The Morgan fingerprint density at radius 3 is 3.07 bits per heavy atom. The van der Waals surface area contributed by atoms with Crippen molar-refractivity contribution in [1.29, 1.82) is 0 Å². The Morgan fingerprint density at radius 2 is 2.40 bits per heavy atom. The summed E-state index contributed by atoms with van der Waals surface area (Å²) in [4.78, 5) is 5.05. The largest absolute Gasteiger partial charge is 0.397 e. The van der Waals surface area contributed by atoms with Gasteiger partial charge in [-0.2, -0.15) is 0 Å². The van der Waals surface area contributed by atoms with Gasteiger partial charge in [0.25, 0.3) is 0 Å². The topological polar surface area (TPSA) is 38.9 Å². The first-order valence-corrected chi connectivity index (χ1v) is 6.97. The van der Waals surface area contributed by atoms with Crippen molar-refractivity contribution in [3.8, 4) is 0 Å². The number of halogens is 1. The SMILES string of the molecule is Nc1cnccc1SCc1csc(Br)c1. The third-order valence-corrected chi connectivity index (χ3v) is 4.54. The van der Waals surface area contributed by atoms with E-state index < -0.39 is 0 Å². The van der Waals surface area contributed by atoms with Crippen molar-refractivity contribution < 1.29 is 0 Å². The predicted octanol–water partition coefficient (Wildman–Crippen LogP) is 3.78. The van der Waals surface area contributed by atoms with Gasteiger partial charge < -0.3 is 5.73 Å². The minimum absolute atomic E-state index is 0.747. The number of anilines is 1. The molecule has 0 spiro atoms. The molecule has 2 nitrogen and oxygen atoms in total. The highest BCUT2D eigenvalue weighted by molar-refractivity contribution is 9.11. The van der Waals surface area contributed by atoms with E-state index in [-0.39, 0.29) is 0 Å².